The van der Waals surface area contributed by atoms with E-state index in [9.17, 15) is 4.79 Å². The molecule has 2 aromatic heterocycles. The standard InChI is InChI=1S/C15H11BrN2O2/c16-11-5-4-10-6-7-18(14(10)8-11)9-12-2-1-3-13(17-12)15(19)20/h1-8H,9H2,(H,19,20). The van der Waals surface area contributed by atoms with Crippen LogP contribution in [0.15, 0.2) is 53.1 Å². The zero-order valence-electron chi connectivity index (χ0n) is 10.5. The summed E-state index contributed by atoms with van der Waals surface area (Å²) in [5.74, 6) is -1.01. The van der Waals surface area contributed by atoms with Crippen molar-refractivity contribution in [3.05, 3.63) is 64.5 Å². The van der Waals surface area contributed by atoms with Crippen LogP contribution in [0.5, 0.6) is 0 Å². The second kappa shape index (κ2) is 5.09. The first-order chi connectivity index (χ1) is 9.63. The molecule has 0 bridgehead atoms. The van der Waals surface area contributed by atoms with Gasteiger partial charge in [0, 0.05) is 16.2 Å². The van der Waals surface area contributed by atoms with Crippen molar-refractivity contribution in [2.45, 2.75) is 6.54 Å². The Morgan fingerprint density at radius 2 is 2.10 bits per heavy atom. The monoisotopic (exact) mass is 330 g/mol. The zero-order chi connectivity index (χ0) is 14.1. The van der Waals surface area contributed by atoms with E-state index in [4.69, 9.17) is 5.11 Å². The predicted octanol–water partition coefficient (Wildman–Crippen LogP) is 3.55. The van der Waals surface area contributed by atoms with Crippen LogP contribution in [0.4, 0.5) is 0 Å². The second-order valence-corrected chi connectivity index (χ2v) is 5.38. The van der Waals surface area contributed by atoms with Crippen molar-refractivity contribution in [1.82, 2.24) is 9.55 Å². The van der Waals surface area contributed by atoms with Gasteiger partial charge in [-0.05, 0) is 35.7 Å². The molecule has 1 aromatic carbocycles. The fourth-order valence-corrected chi connectivity index (χ4v) is 2.51. The topological polar surface area (TPSA) is 55.1 Å². The molecule has 0 unspecified atom stereocenters. The predicted molar refractivity (Wildman–Crippen MR) is 79.9 cm³/mol. The average Bonchev–Trinajstić information content (AvgIpc) is 2.82. The number of carbonyl (C=O) groups is 1. The Morgan fingerprint density at radius 3 is 2.90 bits per heavy atom. The molecular formula is C15H11BrN2O2. The maximum Gasteiger partial charge on any atom is 0.354 e. The van der Waals surface area contributed by atoms with Crippen LogP contribution in [0.1, 0.15) is 16.2 Å². The summed E-state index contributed by atoms with van der Waals surface area (Å²) < 4.78 is 3.06. The Labute approximate surface area is 123 Å². The third kappa shape index (κ3) is 2.44. The van der Waals surface area contributed by atoms with Crippen LogP contribution < -0.4 is 0 Å². The molecule has 0 fully saturated rings. The molecule has 0 amide bonds. The molecule has 20 heavy (non-hydrogen) atoms. The average molecular weight is 331 g/mol. The number of aromatic nitrogens is 2. The van der Waals surface area contributed by atoms with Crippen LogP contribution in [0.25, 0.3) is 10.9 Å². The first kappa shape index (κ1) is 12.9. The van der Waals surface area contributed by atoms with E-state index in [1.807, 2.05) is 41.1 Å². The number of carboxylic acids is 1. The number of fused-ring (bicyclic) bond motifs is 1. The van der Waals surface area contributed by atoms with E-state index in [1.165, 1.54) is 6.07 Å². The van der Waals surface area contributed by atoms with Crippen LogP contribution in [-0.4, -0.2) is 20.6 Å². The molecule has 4 nitrogen and oxygen atoms in total. The number of carboxylic acid groups (broad SMARTS) is 1. The molecule has 0 radical (unpaired) electrons. The highest BCUT2D eigenvalue weighted by Gasteiger charge is 2.07. The zero-order valence-corrected chi connectivity index (χ0v) is 12.0. The van der Waals surface area contributed by atoms with Crippen LogP contribution >= 0.6 is 15.9 Å². The number of nitrogens with zero attached hydrogens (tertiary/aromatic N) is 2. The summed E-state index contributed by atoms with van der Waals surface area (Å²) in [5, 5.41) is 10.1. The number of hydrogen-bond acceptors (Lipinski definition) is 2. The lowest BCUT2D eigenvalue weighted by atomic mass is 10.2. The van der Waals surface area contributed by atoms with Crippen molar-refractivity contribution < 1.29 is 9.90 Å². The van der Waals surface area contributed by atoms with Gasteiger partial charge in [0.25, 0.3) is 0 Å². The second-order valence-electron chi connectivity index (χ2n) is 4.47. The van der Waals surface area contributed by atoms with Gasteiger partial charge in [0.1, 0.15) is 5.69 Å². The van der Waals surface area contributed by atoms with Crippen molar-refractivity contribution in [3.8, 4) is 0 Å². The number of aromatic carboxylic acids is 1. The third-order valence-electron chi connectivity index (χ3n) is 3.09. The van der Waals surface area contributed by atoms with Crippen LogP contribution in [-0.2, 0) is 6.54 Å². The van der Waals surface area contributed by atoms with Gasteiger partial charge in [0.2, 0.25) is 0 Å². The highest BCUT2D eigenvalue weighted by molar-refractivity contribution is 9.10. The minimum Gasteiger partial charge on any atom is -0.477 e. The molecule has 1 N–H and O–H groups in total. The van der Waals surface area contributed by atoms with Gasteiger partial charge >= 0.3 is 5.97 Å². The molecule has 5 heteroatoms. The first-order valence-electron chi connectivity index (χ1n) is 6.07. The number of halogens is 1. The van der Waals surface area contributed by atoms with Gasteiger partial charge in [0.05, 0.1) is 12.2 Å². The minimum absolute atomic E-state index is 0.0696. The summed E-state index contributed by atoms with van der Waals surface area (Å²) >= 11 is 3.46. The van der Waals surface area contributed by atoms with Crippen molar-refractivity contribution in [1.29, 1.82) is 0 Å². The number of benzene rings is 1. The normalized spacial score (nSPS) is 10.8. The SMILES string of the molecule is O=C(O)c1cccc(Cn2ccc3ccc(Br)cc32)n1. The van der Waals surface area contributed by atoms with E-state index >= 15 is 0 Å². The van der Waals surface area contributed by atoms with Gasteiger partial charge in [-0.25, -0.2) is 9.78 Å². The molecule has 0 spiro atoms. The van der Waals surface area contributed by atoms with Crippen molar-refractivity contribution >= 4 is 32.8 Å². The largest absolute Gasteiger partial charge is 0.477 e. The number of hydrogen-bond donors (Lipinski definition) is 1. The van der Waals surface area contributed by atoms with Gasteiger partial charge in [-0.1, -0.05) is 28.1 Å². The molecule has 100 valence electrons. The summed E-state index contributed by atoms with van der Waals surface area (Å²) in [5.41, 5.74) is 1.88. The lowest BCUT2D eigenvalue weighted by molar-refractivity contribution is 0.0690. The maximum atomic E-state index is 10.9. The van der Waals surface area contributed by atoms with Crippen molar-refractivity contribution in [2.75, 3.05) is 0 Å². The highest BCUT2D eigenvalue weighted by Crippen LogP contribution is 2.21. The lowest BCUT2D eigenvalue weighted by Crippen LogP contribution is -2.05. The van der Waals surface area contributed by atoms with E-state index < -0.39 is 5.97 Å². The van der Waals surface area contributed by atoms with Gasteiger partial charge in [0.15, 0.2) is 0 Å². The van der Waals surface area contributed by atoms with Gasteiger partial charge < -0.3 is 9.67 Å². The van der Waals surface area contributed by atoms with Crippen LogP contribution in [0.2, 0.25) is 0 Å². The maximum absolute atomic E-state index is 10.9. The molecule has 0 atom stereocenters. The van der Waals surface area contributed by atoms with Gasteiger partial charge in [-0.15, -0.1) is 0 Å². The van der Waals surface area contributed by atoms with Gasteiger partial charge in [-0.3, -0.25) is 0 Å². The van der Waals surface area contributed by atoms with E-state index in [1.54, 1.807) is 6.07 Å². The molecule has 3 rings (SSSR count). The summed E-state index contributed by atoms with van der Waals surface area (Å²) in [6.45, 7) is 0.543. The van der Waals surface area contributed by atoms with Crippen molar-refractivity contribution in [3.63, 3.8) is 0 Å². The van der Waals surface area contributed by atoms with Crippen molar-refractivity contribution in [2.24, 2.45) is 0 Å². The molecule has 0 aliphatic carbocycles. The smallest absolute Gasteiger partial charge is 0.354 e. The molecule has 2 heterocycles. The Bertz CT molecular complexity index is 795. The molecule has 3 aromatic rings. The van der Waals surface area contributed by atoms with Crippen LogP contribution in [0, 0.1) is 0 Å². The molecule has 0 aliphatic rings. The first-order valence-corrected chi connectivity index (χ1v) is 6.86. The Kier molecular flexibility index (Phi) is 3.28. The number of pyridine rings is 1. The van der Waals surface area contributed by atoms with E-state index in [2.05, 4.69) is 20.9 Å². The van der Waals surface area contributed by atoms with E-state index in [0.717, 1.165) is 21.1 Å². The Balaban J connectivity index is 1.99. The molecule has 0 saturated heterocycles. The van der Waals surface area contributed by atoms with E-state index in [0.29, 0.717) is 6.54 Å². The number of rotatable bonds is 3. The summed E-state index contributed by atoms with van der Waals surface area (Å²) in [7, 11) is 0. The third-order valence-corrected chi connectivity index (χ3v) is 3.59. The fraction of sp³-hybridized carbons (Fsp3) is 0.0667. The summed E-state index contributed by atoms with van der Waals surface area (Å²) in [4.78, 5) is 15.1. The fourth-order valence-electron chi connectivity index (χ4n) is 2.16. The Hall–Kier alpha value is -2.14. The highest BCUT2D eigenvalue weighted by atomic mass is 79.9. The summed E-state index contributed by atoms with van der Waals surface area (Å²) in [6, 6.07) is 13.1. The van der Waals surface area contributed by atoms with Gasteiger partial charge in [-0.2, -0.15) is 0 Å². The quantitative estimate of drug-likeness (QED) is 0.799. The molecule has 0 aliphatic heterocycles. The molecule has 0 saturated carbocycles. The molecular weight excluding hydrogens is 320 g/mol. The van der Waals surface area contributed by atoms with E-state index in [-0.39, 0.29) is 5.69 Å². The summed E-state index contributed by atoms with van der Waals surface area (Å²) in [6.07, 6.45) is 1.98. The lowest BCUT2D eigenvalue weighted by Gasteiger charge is -2.06. The van der Waals surface area contributed by atoms with Crippen LogP contribution in [0.3, 0.4) is 0 Å². The Morgan fingerprint density at radius 1 is 1.25 bits per heavy atom. The minimum atomic E-state index is -1.01.